The maximum absolute atomic E-state index is 5.01. The lowest BCUT2D eigenvalue weighted by atomic mass is 10.3. The highest BCUT2D eigenvalue weighted by Crippen LogP contribution is 2.14. The van der Waals surface area contributed by atoms with E-state index in [9.17, 15) is 0 Å². The first kappa shape index (κ1) is 14.7. The number of rotatable bonds is 5. The summed E-state index contributed by atoms with van der Waals surface area (Å²) < 4.78 is 5.01. The Hall–Kier alpha value is -2.22. The number of nitrogens with one attached hydrogen (secondary N) is 1. The fraction of sp³-hybridized carbons (Fsp3) is 0.571. The zero-order valence-corrected chi connectivity index (χ0v) is 13.0. The monoisotopic (exact) mass is 303 g/mol. The summed E-state index contributed by atoms with van der Waals surface area (Å²) in [6.07, 6.45) is 1.80. The van der Waals surface area contributed by atoms with Crippen LogP contribution in [0, 0.1) is 6.92 Å². The normalized spacial score (nSPS) is 16.0. The highest BCUT2D eigenvalue weighted by atomic mass is 16.5. The van der Waals surface area contributed by atoms with Gasteiger partial charge in [-0.15, -0.1) is 0 Å². The Labute approximate surface area is 129 Å². The van der Waals surface area contributed by atoms with Gasteiger partial charge in [0, 0.05) is 45.8 Å². The lowest BCUT2D eigenvalue weighted by molar-refractivity contribution is 0.239. The van der Waals surface area contributed by atoms with Gasteiger partial charge in [-0.1, -0.05) is 5.16 Å². The number of nitrogens with zero attached hydrogens (tertiary/aromatic N) is 6. The molecule has 2 aromatic heterocycles. The molecule has 8 nitrogen and oxygen atoms in total. The van der Waals surface area contributed by atoms with Crippen LogP contribution in [0.2, 0.25) is 0 Å². The van der Waals surface area contributed by atoms with E-state index in [-0.39, 0.29) is 0 Å². The molecule has 1 fully saturated rings. The van der Waals surface area contributed by atoms with E-state index in [0.717, 1.165) is 56.9 Å². The second-order valence-corrected chi connectivity index (χ2v) is 5.27. The summed E-state index contributed by atoms with van der Waals surface area (Å²) in [6.45, 7) is 9.10. The minimum Gasteiger partial charge on any atom is -0.370 e. The largest absolute Gasteiger partial charge is 0.370 e. The molecular formula is C14H21N7O. The van der Waals surface area contributed by atoms with Crippen molar-refractivity contribution < 1.29 is 4.52 Å². The van der Waals surface area contributed by atoms with Crippen molar-refractivity contribution >= 4 is 11.8 Å². The molecule has 0 amide bonds. The van der Waals surface area contributed by atoms with Crippen LogP contribution in [0.4, 0.5) is 11.8 Å². The van der Waals surface area contributed by atoms with Gasteiger partial charge in [0.2, 0.25) is 11.8 Å². The molecule has 0 bridgehead atoms. The van der Waals surface area contributed by atoms with Gasteiger partial charge in [-0.3, -0.25) is 4.90 Å². The Morgan fingerprint density at radius 2 is 2.05 bits per heavy atom. The molecule has 0 aliphatic carbocycles. The van der Waals surface area contributed by atoms with Gasteiger partial charge in [0.05, 0.1) is 6.54 Å². The van der Waals surface area contributed by atoms with Gasteiger partial charge >= 0.3 is 0 Å². The Balaban J connectivity index is 1.56. The SMILES string of the molecule is CCNc1ccnc(N2CCN(Cc3noc(C)n3)CC2)n1. The zero-order valence-electron chi connectivity index (χ0n) is 13.0. The number of hydrogen-bond acceptors (Lipinski definition) is 8. The van der Waals surface area contributed by atoms with Crippen LogP contribution < -0.4 is 10.2 Å². The van der Waals surface area contributed by atoms with Gasteiger partial charge in [-0.25, -0.2) is 4.98 Å². The third-order valence-corrected chi connectivity index (χ3v) is 3.59. The average molecular weight is 303 g/mol. The number of piperazine rings is 1. The quantitative estimate of drug-likeness (QED) is 0.873. The number of aromatic nitrogens is 4. The molecule has 0 atom stereocenters. The van der Waals surface area contributed by atoms with Crippen LogP contribution in [0.15, 0.2) is 16.8 Å². The molecule has 0 radical (unpaired) electrons. The summed E-state index contributed by atoms with van der Waals surface area (Å²) in [6, 6.07) is 1.89. The van der Waals surface area contributed by atoms with E-state index in [1.807, 2.05) is 13.0 Å². The van der Waals surface area contributed by atoms with Gasteiger partial charge in [0.1, 0.15) is 5.82 Å². The molecule has 0 spiro atoms. The first-order valence-corrected chi connectivity index (χ1v) is 7.58. The molecule has 1 N–H and O–H groups in total. The van der Waals surface area contributed by atoms with E-state index in [1.54, 1.807) is 6.20 Å². The second kappa shape index (κ2) is 6.69. The average Bonchev–Trinajstić information content (AvgIpc) is 2.94. The standard InChI is InChI=1S/C14H21N7O/c1-3-15-12-4-5-16-14(18-12)21-8-6-20(7-9-21)10-13-17-11(2)22-19-13/h4-5H,3,6-10H2,1-2H3,(H,15,16,18). The lowest BCUT2D eigenvalue weighted by Crippen LogP contribution is -2.46. The van der Waals surface area contributed by atoms with Gasteiger partial charge in [0.25, 0.3) is 0 Å². The summed E-state index contributed by atoms with van der Waals surface area (Å²) in [4.78, 5) is 17.7. The van der Waals surface area contributed by atoms with Crippen LogP contribution in [0.25, 0.3) is 0 Å². The van der Waals surface area contributed by atoms with Crippen molar-refractivity contribution in [2.45, 2.75) is 20.4 Å². The van der Waals surface area contributed by atoms with Crippen LogP contribution in [-0.4, -0.2) is 57.7 Å². The molecule has 22 heavy (non-hydrogen) atoms. The summed E-state index contributed by atoms with van der Waals surface area (Å²) in [7, 11) is 0. The molecule has 1 aliphatic rings. The van der Waals surface area contributed by atoms with E-state index in [1.165, 1.54) is 0 Å². The van der Waals surface area contributed by atoms with Crippen LogP contribution in [-0.2, 0) is 6.54 Å². The summed E-state index contributed by atoms with van der Waals surface area (Å²) >= 11 is 0. The van der Waals surface area contributed by atoms with Crippen molar-refractivity contribution in [3.63, 3.8) is 0 Å². The van der Waals surface area contributed by atoms with Crippen molar-refractivity contribution in [1.82, 2.24) is 25.0 Å². The fourth-order valence-corrected chi connectivity index (χ4v) is 2.49. The number of hydrogen-bond donors (Lipinski definition) is 1. The predicted molar refractivity (Wildman–Crippen MR) is 82.7 cm³/mol. The zero-order chi connectivity index (χ0) is 15.4. The van der Waals surface area contributed by atoms with Crippen LogP contribution in [0.3, 0.4) is 0 Å². The summed E-state index contributed by atoms with van der Waals surface area (Å²) in [5, 5.41) is 7.16. The third-order valence-electron chi connectivity index (χ3n) is 3.59. The molecular weight excluding hydrogens is 282 g/mol. The first-order chi connectivity index (χ1) is 10.7. The van der Waals surface area contributed by atoms with Gasteiger partial charge in [-0.05, 0) is 13.0 Å². The maximum Gasteiger partial charge on any atom is 0.227 e. The highest BCUT2D eigenvalue weighted by molar-refractivity contribution is 5.41. The van der Waals surface area contributed by atoms with Crippen molar-refractivity contribution in [2.24, 2.45) is 0 Å². The molecule has 0 unspecified atom stereocenters. The minimum absolute atomic E-state index is 0.613. The van der Waals surface area contributed by atoms with E-state index in [0.29, 0.717) is 5.89 Å². The van der Waals surface area contributed by atoms with E-state index in [4.69, 9.17) is 4.52 Å². The van der Waals surface area contributed by atoms with Crippen LogP contribution in [0.5, 0.6) is 0 Å². The van der Waals surface area contributed by atoms with Crippen LogP contribution in [0.1, 0.15) is 18.6 Å². The van der Waals surface area contributed by atoms with E-state index in [2.05, 4.69) is 42.1 Å². The van der Waals surface area contributed by atoms with E-state index >= 15 is 0 Å². The van der Waals surface area contributed by atoms with Crippen molar-refractivity contribution in [3.05, 3.63) is 24.0 Å². The van der Waals surface area contributed by atoms with Crippen LogP contribution >= 0.6 is 0 Å². The Morgan fingerprint density at radius 1 is 1.23 bits per heavy atom. The van der Waals surface area contributed by atoms with Crippen molar-refractivity contribution in [3.8, 4) is 0 Å². The molecule has 1 aliphatic heterocycles. The first-order valence-electron chi connectivity index (χ1n) is 7.58. The Morgan fingerprint density at radius 3 is 2.73 bits per heavy atom. The molecule has 0 saturated carbocycles. The Bertz CT molecular complexity index is 607. The molecule has 0 aromatic carbocycles. The van der Waals surface area contributed by atoms with Gasteiger partial charge < -0.3 is 14.7 Å². The fourth-order valence-electron chi connectivity index (χ4n) is 2.49. The molecule has 8 heteroatoms. The van der Waals surface area contributed by atoms with Gasteiger partial charge in [0.15, 0.2) is 5.82 Å². The molecule has 3 heterocycles. The lowest BCUT2D eigenvalue weighted by Gasteiger charge is -2.34. The van der Waals surface area contributed by atoms with Crippen molar-refractivity contribution in [2.75, 3.05) is 42.9 Å². The van der Waals surface area contributed by atoms with Gasteiger partial charge in [-0.2, -0.15) is 9.97 Å². The second-order valence-electron chi connectivity index (χ2n) is 5.27. The molecule has 3 rings (SSSR count). The molecule has 118 valence electrons. The smallest absolute Gasteiger partial charge is 0.227 e. The number of aryl methyl sites for hydroxylation is 1. The summed E-state index contributed by atoms with van der Waals surface area (Å²) in [5.74, 6) is 3.02. The molecule has 1 saturated heterocycles. The highest BCUT2D eigenvalue weighted by Gasteiger charge is 2.20. The third kappa shape index (κ3) is 3.51. The number of anilines is 2. The maximum atomic E-state index is 5.01. The topological polar surface area (TPSA) is 83.2 Å². The summed E-state index contributed by atoms with van der Waals surface area (Å²) in [5.41, 5.74) is 0. The van der Waals surface area contributed by atoms with Crippen molar-refractivity contribution in [1.29, 1.82) is 0 Å². The Kier molecular flexibility index (Phi) is 4.47. The molecule has 2 aromatic rings. The van der Waals surface area contributed by atoms with E-state index < -0.39 is 0 Å². The minimum atomic E-state index is 0.613. The predicted octanol–water partition coefficient (Wildman–Crippen LogP) is 0.922.